The summed E-state index contributed by atoms with van der Waals surface area (Å²) in [6, 6.07) is 21.9. The topological polar surface area (TPSA) is 140 Å². The number of sulfonamides is 1. The molecule has 198 valence electrons. The van der Waals surface area contributed by atoms with Crippen LogP contribution in [0.4, 0.5) is 11.4 Å². The minimum atomic E-state index is -3.22. The lowest BCUT2D eigenvalue weighted by Crippen LogP contribution is -2.24. The average molecular weight is 535 g/mol. The zero-order chi connectivity index (χ0) is 27.3. The van der Waals surface area contributed by atoms with Crippen molar-refractivity contribution < 1.29 is 22.7 Å². The van der Waals surface area contributed by atoms with Crippen LogP contribution in [0.5, 0.6) is 0 Å². The second kappa shape index (κ2) is 11.6. The molecular formula is C28H30N4O5S. The van der Waals surface area contributed by atoms with Crippen molar-refractivity contribution in [2.45, 2.75) is 18.9 Å². The molecule has 0 fully saturated rings. The van der Waals surface area contributed by atoms with Crippen LogP contribution in [0.2, 0.25) is 0 Å². The van der Waals surface area contributed by atoms with Crippen molar-refractivity contribution in [3.05, 3.63) is 95.1 Å². The molecule has 1 aliphatic heterocycles. The summed E-state index contributed by atoms with van der Waals surface area (Å²) in [7, 11) is -1.91. The van der Waals surface area contributed by atoms with Crippen molar-refractivity contribution in [2.24, 2.45) is 5.73 Å². The van der Waals surface area contributed by atoms with Crippen molar-refractivity contribution in [3.63, 3.8) is 0 Å². The third-order valence-corrected chi connectivity index (χ3v) is 6.89. The number of hydrogen-bond acceptors (Lipinski definition) is 7. The van der Waals surface area contributed by atoms with Crippen LogP contribution in [-0.2, 0) is 19.6 Å². The van der Waals surface area contributed by atoms with Gasteiger partial charge in [-0.2, -0.15) is 0 Å². The van der Waals surface area contributed by atoms with Crippen LogP contribution >= 0.6 is 0 Å². The maximum atomic E-state index is 13.1. The van der Waals surface area contributed by atoms with Gasteiger partial charge in [-0.15, -0.1) is 0 Å². The maximum Gasteiger partial charge on any atom is 0.337 e. The molecule has 9 nitrogen and oxygen atoms in total. The molecule has 0 aromatic heterocycles. The van der Waals surface area contributed by atoms with Crippen LogP contribution in [0, 0.1) is 0 Å². The molecule has 1 unspecified atom stereocenters. The lowest BCUT2D eigenvalue weighted by molar-refractivity contribution is -0.110. The smallest absolute Gasteiger partial charge is 0.337 e. The van der Waals surface area contributed by atoms with Crippen molar-refractivity contribution in [3.8, 4) is 0 Å². The number of esters is 1. The van der Waals surface area contributed by atoms with Gasteiger partial charge >= 0.3 is 5.97 Å². The molecule has 3 aromatic carbocycles. The van der Waals surface area contributed by atoms with E-state index in [-0.39, 0.29) is 11.9 Å². The number of amides is 1. The van der Waals surface area contributed by atoms with Gasteiger partial charge in [-0.25, -0.2) is 17.9 Å². The van der Waals surface area contributed by atoms with Crippen LogP contribution in [-0.4, -0.2) is 40.2 Å². The predicted molar refractivity (Wildman–Crippen MR) is 149 cm³/mol. The van der Waals surface area contributed by atoms with Gasteiger partial charge in [0.05, 0.1) is 35.9 Å². The number of hydrogen-bond donors (Lipinski definition) is 4. The third kappa shape index (κ3) is 6.46. The van der Waals surface area contributed by atoms with Gasteiger partial charge in [0.15, 0.2) is 0 Å². The molecule has 0 bridgehead atoms. The summed E-state index contributed by atoms with van der Waals surface area (Å²) < 4.78 is 29.7. The summed E-state index contributed by atoms with van der Waals surface area (Å²) in [6.45, 7) is 0.338. The van der Waals surface area contributed by atoms with Crippen LogP contribution in [0.1, 0.15) is 45.9 Å². The standard InChI is InChI=1S/C28H30N4O5S/c1-37-28(34)20-12-15-22-24(17-20)32-27(33)25(22)26(19-7-4-3-5-8-19)31-21-13-10-18(11-14-21)23(29)9-6-16-30-38(2,35)36/h3-5,7-8,10-15,17,23,30-31H,6,9,16,29H2,1-2H3,(H,32,33)/b26-25-. The Morgan fingerprint density at radius 3 is 2.39 bits per heavy atom. The fourth-order valence-electron chi connectivity index (χ4n) is 4.25. The SMILES string of the molecule is COC(=O)c1ccc2c(c1)NC(=O)/C2=C(\Nc1ccc(C(N)CCCNS(C)(=O)=O)cc1)c1ccccc1. The van der Waals surface area contributed by atoms with Gasteiger partial charge in [-0.05, 0) is 48.2 Å². The molecule has 1 atom stereocenters. The number of anilines is 2. The Labute approximate surface area is 222 Å². The van der Waals surface area contributed by atoms with Crippen molar-refractivity contribution >= 4 is 44.5 Å². The van der Waals surface area contributed by atoms with Gasteiger partial charge in [-0.1, -0.05) is 48.5 Å². The molecule has 0 radical (unpaired) electrons. The second-order valence-electron chi connectivity index (χ2n) is 8.98. The molecule has 0 saturated heterocycles. The first-order chi connectivity index (χ1) is 18.2. The van der Waals surface area contributed by atoms with Crippen LogP contribution < -0.4 is 21.1 Å². The van der Waals surface area contributed by atoms with E-state index in [9.17, 15) is 18.0 Å². The minimum Gasteiger partial charge on any atom is -0.465 e. The highest BCUT2D eigenvalue weighted by Crippen LogP contribution is 2.38. The van der Waals surface area contributed by atoms with Gasteiger partial charge in [0.1, 0.15) is 0 Å². The summed E-state index contributed by atoms with van der Waals surface area (Å²) in [4.78, 5) is 25.1. The normalized spacial score (nSPS) is 14.9. The molecule has 3 aromatic rings. The van der Waals surface area contributed by atoms with Gasteiger partial charge < -0.3 is 21.1 Å². The van der Waals surface area contributed by atoms with Crippen molar-refractivity contribution in [2.75, 3.05) is 30.5 Å². The number of ether oxygens (including phenoxy) is 1. The highest BCUT2D eigenvalue weighted by Gasteiger charge is 2.29. The predicted octanol–water partition coefficient (Wildman–Crippen LogP) is 3.73. The third-order valence-electron chi connectivity index (χ3n) is 6.16. The molecule has 1 heterocycles. The van der Waals surface area contributed by atoms with Crippen LogP contribution in [0.25, 0.3) is 11.3 Å². The fraction of sp³-hybridized carbons (Fsp3) is 0.214. The molecule has 5 N–H and O–H groups in total. The Morgan fingerprint density at radius 1 is 1.03 bits per heavy atom. The number of fused-ring (bicyclic) bond motifs is 1. The molecule has 1 aliphatic rings. The van der Waals surface area contributed by atoms with Crippen molar-refractivity contribution in [1.82, 2.24) is 4.72 Å². The molecule has 0 aliphatic carbocycles. The van der Waals surface area contributed by atoms with E-state index in [0.717, 1.165) is 23.1 Å². The van der Waals surface area contributed by atoms with E-state index in [2.05, 4.69) is 15.4 Å². The number of benzene rings is 3. The van der Waals surface area contributed by atoms with E-state index >= 15 is 0 Å². The monoisotopic (exact) mass is 534 g/mol. The minimum absolute atomic E-state index is 0.242. The lowest BCUT2D eigenvalue weighted by Gasteiger charge is -2.16. The summed E-state index contributed by atoms with van der Waals surface area (Å²) >= 11 is 0. The molecule has 0 saturated carbocycles. The Balaban J connectivity index is 1.60. The first-order valence-corrected chi connectivity index (χ1v) is 14.0. The number of nitrogens with one attached hydrogen (secondary N) is 3. The van der Waals surface area contributed by atoms with E-state index in [0.29, 0.717) is 47.5 Å². The summed E-state index contributed by atoms with van der Waals surface area (Å²) in [5.41, 5.74) is 11.5. The molecule has 1 amide bonds. The Hall–Kier alpha value is -3.99. The highest BCUT2D eigenvalue weighted by molar-refractivity contribution is 7.88. The Morgan fingerprint density at radius 2 is 1.74 bits per heavy atom. The number of carbonyl (C=O) groups is 2. The summed E-state index contributed by atoms with van der Waals surface area (Å²) in [5.74, 6) is -0.763. The highest BCUT2D eigenvalue weighted by atomic mass is 32.2. The first-order valence-electron chi connectivity index (χ1n) is 12.1. The molecular weight excluding hydrogens is 504 g/mol. The molecule has 0 spiro atoms. The Bertz CT molecular complexity index is 1470. The van der Waals surface area contributed by atoms with Gasteiger partial charge in [-0.3, -0.25) is 4.79 Å². The van der Waals surface area contributed by atoms with E-state index in [1.165, 1.54) is 7.11 Å². The van der Waals surface area contributed by atoms with Crippen molar-refractivity contribution in [1.29, 1.82) is 0 Å². The quantitative estimate of drug-likeness (QED) is 0.177. The Kier molecular flexibility index (Phi) is 8.26. The van der Waals surface area contributed by atoms with Crippen LogP contribution in [0.3, 0.4) is 0 Å². The summed E-state index contributed by atoms with van der Waals surface area (Å²) in [6.07, 6.45) is 2.37. The zero-order valence-electron chi connectivity index (χ0n) is 21.2. The maximum absolute atomic E-state index is 13.1. The summed E-state index contributed by atoms with van der Waals surface area (Å²) in [5, 5.41) is 6.26. The van der Waals surface area contributed by atoms with E-state index in [4.69, 9.17) is 10.5 Å². The average Bonchev–Trinajstić information content (AvgIpc) is 3.24. The van der Waals surface area contributed by atoms with Gasteiger partial charge in [0, 0.05) is 23.8 Å². The largest absolute Gasteiger partial charge is 0.465 e. The van der Waals surface area contributed by atoms with E-state index < -0.39 is 16.0 Å². The fourth-order valence-corrected chi connectivity index (χ4v) is 4.77. The van der Waals surface area contributed by atoms with E-state index in [1.807, 2.05) is 54.6 Å². The molecule has 38 heavy (non-hydrogen) atoms. The van der Waals surface area contributed by atoms with Crippen LogP contribution in [0.15, 0.2) is 72.8 Å². The molecule has 4 rings (SSSR count). The number of carbonyl (C=O) groups excluding carboxylic acids is 2. The van der Waals surface area contributed by atoms with Gasteiger partial charge in [0.2, 0.25) is 10.0 Å². The second-order valence-corrected chi connectivity index (χ2v) is 10.8. The lowest BCUT2D eigenvalue weighted by atomic mass is 9.98. The molecule has 10 heteroatoms. The van der Waals surface area contributed by atoms with Gasteiger partial charge in [0.25, 0.3) is 5.91 Å². The first kappa shape index (κ1) is 27.1. The zero-order valence-corrected chi connectivity index (χ0v) is 22.0. The number of methoxy groups -OCH3 is 1. The number of rotatable bonds is 10. The van der Waals surface area contributed by atoms with E-state index in [1.54, 1.807) is 18.2 Å². The number of nitrogens with two attached hydrogens (primary N) is 1.